The van der Waals surface area contributed by atoms with Crippen molar-refractivity contribution in [2.75, 3.05) is 13.7 Å². The second kappa shape index (κ2) is 6.61. The number of ether oxygens (including phenoxy) is 1. The van der Waals surface area contributed by atoms with Gasteiger partial charge >= 0.3 is 12.0 Å². The summed E-state index contributed by atoms with van der Waals surface area (Å²) in [6, 6.07) is 3.82. The quantitative estimate of drug-likeness (QED) is 0.593. The van der Waals surface area contributed by atoms with Crippen molar-refractivity contribution in [3.8, 4) is 5.75 Å². The molecule has 2 N–H and O–H groups in total. The molecule has 0 saturated carbocycles. The van der Waals surface area contributed by atoms with Crippen molar-refractivity contribution in [3.63, 3.8) is 0 Å². The second-order valence-electron chi connectivity index (χ2n) is 4.55. The summed E-state index contributed by atoms with van der Waals surface area (Å²) in [4.78, 5) is 46.3. The Bertz CT molecular complexity index is 743. The Balaban J connectivity index is 2.27. The van der Waals surface area contributed by atoms with Crippen LogP contribution in [0.1, 0.15) is 5.56 Å². The zero-order valence-corrected chi connectivity index (χ0v) is 13.4. The molecule has 0 spiro atoms. The van der Waals surface area contributed by atoms with Crippen LogP contribution in [0.2, 0.25) is 0 Å². The van der Waals surface area contributed by atoms with Gasteiger partial charge in [-0.3, -0.25) is 19.8 Å². The molecule has 1 aliphatic rings. The summed E-state index contributed by atoms with van der Waals surface area (Å²) >= 11 is 3.22. The average molecular weight is 383 g/mol. The summed E-state index contributed by atoms with van der Waals surface area (Å²) in [5.41, 5.74) is 0.319. The number of urea groups is 1. The average Bonchev–Trinajstić information content (AvgIpc) is 2.48. The Morgan fingerprint density at radius 2 is 2.09 bits per heavy atom. The first-order chi connectivity index (χ1) is 10.8. The third-order valence-corrected chi connectivity index (χ3v) is 3.54. The number of halogens is 1. The number of carbonyl (C=O) groups excluding carboxylic acids is 3. The van der Waals surface area contributed by atoms with Gasteiger partial charge in [-0.15, -0.1) is 0 Å². The van der Waals surface area contributed by atoms with E-state index in [9.17, 15) is 19.2 Å². The van der Waals surface area contributed by atoms with Gasteiger partial charge in [-0.2, -0.15) is 0 Å². The van der Waals surface area contributed by atoms with Crippen LogP contribution in [0.5, 0.6) is 5.75 Å². The maximum Gasteiger partial charge on any atom is 0.341 e. The fourth-order valence-electron chi connectivity index (χ4n) is 1.78. The van der Waals surface area contributed by atoms with E-state index in [0.29, 0.717) is 15.8 Å². The Labute approximate surface area is 138 Å². The first-order valence-electron chi connectivity index (χ1n) is 6.29. The third-order valence-electron chi connectivity index (χ3n) is 2.92. The van der Waals surface area contributed by atoms with Gasteiger partial charge in [0.15, 0.2) is 6.61 Å². The van der Waals surface area contributed by atoms with Crippen molar-refractivity contribution >= 4 is 45.8 Å². The van der Waals surface area contributed by atoms with E-state index in [0.717, 1.165) is 4.90 Å². The zero-order valence-electron chi connectivity index (χ0n) is 11.8. The van der Waals surface area contributed by atoms with Gasteiger partial charge in [0.25, 0.3) is 11.8 Å². The van der Waals surface area contributed by atoms with E-state index in [1.54, 1.807) is 12.1 Å². The van der Waals surface area contributed by atoms with Crippen molar-refractivity contribution in [1.82, 2.24) is 10.2 Å². The first kappa shape index (κ1) is 16.7. The van der Waals surface area contributed by atoms with Crippen molar-refractivity contribution in [1.29, 1.82) is 0 Å². The molecule has 1 aromatic rings. The van der Waals surface area contributed by atoms with Crippen molar-refractivity contribution < 1.29 is 29.0 Å². The van der Waals surface area contributed by atoms with Crippen LogP contribution in [0.15, 0.2) is 28.2 Å². The third kappa shape index (κ3) is 3.75. The number of carbonyl (C=O) groups is 4. The van der Waals surface area contributed by atoms with Crippen molar-refractivity contribution in [2.24, 2.45) is 0 Å². The number of hydrogen-bond acceptors (Lipinski definition) is 5. The number of carboxylic acids is 1. The van der Waals surface area contributed by atoms with Crippen LogP contribution in [0, 0.1) is 0 Å². The minimum absolute atomic E-state index is 0.182. The molecule has 1 heterocycles. The van der Waals surface area contributed by atoms with Gasteiger partial charge in [0.05, 0.1) is 4.47 Å². The fourth-order valence-corrected chi connectivity index (χ4v) is 2.29. The molecule has 1 aromatic carbocycles. The predicted molar refractivity (Wildman–Crippen MR) is 81.6 cm³/mol. The molecule has 0 aromatic heterocycles. The molecule has 9 heteroatoms. The molecule has 120 valence electrons. The summed E-state index contributed by atoms with van der Waals surface area (Å²) < 4.78 is 5.51. The fraction of sp³-hybridized carbons (Fsp3) is 0.143. The van der Waals surface area contributed by atoms with Crippen LogP contribution >= 0.6 is 15.9 Å². The molecular weight excluding hydrogens is 372 g/mol. The molecule has 0 bridgehead atoms. The molecule has 0 atom stereocenters. The lowest BCUT2D eigenvalue weighted by molar-refractivity contribution is -0.139. The molecule has 1 saturated heterocycles. The maximum atomic E-state index is 12.0. The smallest absolute Gasteiger partial charge is 0.341 e. The number of rotatable bonds is 4. The van der Waals surface area contributed by atoms with Crippen LogP contribution in [-0.2, 0) is 14.4 Å². The van der Waals surface area contributed by atoms with Crippen LogP contribution in [0.3, 0.4) is 0 Å². The van der Waals surface area contributed by atoms with E-state index < -0.39 is 30.4 Å². The monoisotopic (exact) mass is 382 g/mol. The summed E-state index contributed by atoms with van der Waals surface area (Å²) in [6.07, 6.45) is 1.33. The summed E-state index contributed by atoms with van der Waals surface area (Å²) in [7, 11) is 1.26. The van der Waals surface area contributed by atoms with E-state index in [2.05, 4.69) is 15.9 Å². The van der Waals surface area contributed by atoms with Gasteiger partial charge in [-0.25, -0.2) is 9.59 Å². The van der Waals surface area contributed by atoms with Gasteiger partial charge in [-0.05, 0) is 39.7 Å². The highest BCUT2D eigenvalue weighted by Gasteiger charge is 2.32. The number of barbiturate groups is 1. The minimum atomic E-state index is -1.11. The number of nitrogens with one attached hydrogen (secondary N) is 1. The molecule has 2 rings (SSSR count). The van der Waals surface area contributed by atoms with Gasteiger partial charge in [0.1, 0.15) is 11.3 Å². The standard InChI is InChI=1S/C14H11BrN2O6/c1-17-13(21)8(12(20)16-14(17)22)4-7-2-3-10(9(15)5-7)23-6-11(18)19/h2-5H,6H2,1H3,(H,18,19)(H,16,20,22). The van der Waals surface area contributed by atoms with Crippen LogP contribution in [-0.4, -0.2) is 47.5 Å². The van der Waals surface area contributed by atoms with Crippen LogP contribution in [0.25, 0.3) is 6.08 Å². The maximum absolute atomic E-state index is 12.0. The van der Waals surface area contributed by atoms with Crippen LogP contribution in [0.4, 0.5) is 4.79 Å². The molecule has 1 aliphatic heterocycles. The van der Waals surface area contributed by atoms with Crippen molar-refractivity contribution in [3.05, 3.63) is 33.8 Å². The number of amides is 4. The van der Waals surface area contributed by atoms with Gasteiger partial charge in [0.2, 0.25) is 0 Å². The van der Waals surface area contributed by atoms with E-state index in [4.69, 9.17) is 9.84 Å². The largest absolute Gasteiger partial charge is 0.481 e. The van der Waals surface area contributed by atoms with Gasteiger partial charge in [-0.1, -0.05) is 6.07 Å². The lowest BCUT2D eigenvalue weighted by Gasteiger charge is -2.22. The molecule has 0 aliphatic carbocycles. The summed E-state index contributed by atoms with van der Waals surface area (Å²) in [5.74, 6) is -2.29. The molecular formula is C14H11BrN2O6. The van der Waals surface area contributed by atoms with E-state index in [-0.39, 0.29) is 5.57 Å². The molecule has 0 radical (unpaired) electrons. The molecule has 4 amide bonds. The first-order valence-corrected chi connectivity index (χ1v) is 7.08. The lowest BCUT2D eigenvalue weighted by Crippen LogP contribution is -2.52. The minimum Gasteiger partial charge on any atom is -0.481 e. The lowest BCUT2D eigenvalue weighted by atomic mass is 10.1. The van der Waals surface area contributed by atoms with Crippen molar-refractivity contribution in [2.45, 2.75) is 0 Å². The summed E-state index contributed by atoms with van der Waals surface area (Å²) in [6.45, 7) is -0.493. The molecule has 8 nitrogen and oxygen atoms in total. The predicted octanol–water partition coefficient (Wildman–Crippen LogP) is 1.00. The SMILES string of the molecule is CN1C(=O)NC(=O)C(=Cc2ccc(OCC(=O)O)c(Br)c2)C1=O. The highest BCUT2D eigenvalue weighted by Crippen LogP contribution is 2.27. The Kier molecular flexibility index (Phi) is 4.80. The van der Waals surface area contributed by atoms with E-state index in [1.165, 1.54) is 19.2 Å². The highest BCUT2D eigenvalue weighted by molar-refractivity contribution is 9.10. The number of hydrogen-bond donors (Lipinski definition) is 2. The second-order valence-corrected chi connectivity index (χ2v) is 5.41. The number of imide groups is 2. The Hall–Kier alpha value is -2.68. The zero-order chi connectivity index (χ0) is 17.1. The number of carboxylic acid groups (broad SMARTS) is 1. The topological polar surface area (TPSA) is 113 Å². The molecule has 0 unspecified atom stereocenters. The van der Waals surface area contributed by atoms with Gasteiger partial charge < -0.3 is 9.84 Å². The van der Waals surface area contributed by atoms with E-state index in [1.807, 2.05) is 5.32 Å². The number of nitrogens with zero attached hydrogens (tertiary/aromatic N) is 1. The highest BCUT2D eigenvalue weighted by atomic mass is 79.9. The van der Waals surface area contributed by atoms with Crippen LogP contribution < -0.4 is 10.1 Å². The normalized spacial score (nSPS) is 16.5. The number of benzene rings is 1. The molecule has 1 fully saturated rings. The Morgan fingerprint density at radius 3 is 2.70 bits per heavy atom. The molecule has 23 heavy (non-hydrogen) atoms. The van der Waals surface area contributed by atoms with E-state index >= 15 is 0 Å². The number of likely N-dealkylation sites (N-methyl/N-ethyl adjacent to an activating group) is 1. The Morgan fingerprint density at radius 1 is 1.39 bits per heavy atom. The number of aliphatic carboxylic acids is 1. The van der Waals surface area contributed by atoms with Gasteiger partial charge in [0, 0.05) is 7.05 Å². The summed E-state index contributed by atoms with van der Waals surface area (Å²) in [5, 5.41) is 10.6.